The van der Waals surface area contributed by atoms with E-state index in [1.807, 2.05) is 0 Å². The van der Waals surface area contributed by atoms with Crippen LogP contribution in [-0.4, -0.2) is 40.6 Å². The second kappa shape index (κ2) is 5.86. The Kier molecular flexibility index (Phi) is 4.48. The van der Waals surface area contributed by atoms with Gasteiger partial charge in [0.05, 0.1) is 13.1 Å². The maximum Gasteiger partial charge on any atom is 0.355 e. The fraction of sp³-hybridized carbons (Fsp3) is 0.300. The van der Waals surface area contributed by atoms with Crippen LogP contribution in [0.25, 0.3) is 0 Å². The van der Waals surface area contributed by atoms with Crippen LogP contribution in [0, 0.1) is 12.3 Å². The van der Waals surface area contributed by atoms with E-state index >= 15 is 0 Å². The number of nitrogens with one attached hydrogen (secondary N) is 1. The Morgan fingerprint density at radius 1 is 1.71 bits per heavy atom. The molecule has 90 valence electrons. The van der Waals surface area contributed by atoms with Crippen LogP contribution in [0.1, 0.15) is 15.5 Å². The number of carboxylic acids is 1. The van der Waals surface area contributed by atoms with Gasteiger partial charge in [0.1, 0.15) is 5.01 Å². The van der Waals surface area contributed by atoms with Gasteiger partial charge >= 0.3 is 12.0 Å². The molecule has 0 fully saturated rings. The Morgan fingerprint density at radius 3 is 2.94 bits per heavy atom. The molecule has 0 aromatic carbocycles. The first-order chi connectivity index (χ1) is 8.04. The van der Waals surface area contributed by atoms with Crippen molar-refractivity contribution in [2.75, 3.05) is 13.6 Å². The van der Waals surface area contributed by atoms with Crippen molar-refractivity contribution >= 4 is 23.3 Å². The average Bonchev–Trinajstić information content (AvgIpc) is 2.75. The second-order valence-corrected chi connectivity index (χ2v) is 4.09. The van der Waals surface area contributed by atoms with Crippen molar-refractivity contribution in [2.24, 2.45) is 0 Å². The first kappa shape index (κ1) is 13.0. The summed E-state index contributed by atoms with van der Waals surface area (Å²) in [7, 11) is 1.57. The van der Waals surface area contributed by atoms with Gasteiger partial charge in [0.2, 0.25) is 0 Å². The van der Waals surface area contributed by atoms with Crippen LogP contribution in [0.5, 0.6) is 0 Å². The van der Waals surface area contributed by atoms with Crippen LogP contribution >= 0.6 is 11.3 Å². The summed E-state index contributed by atoms with van der Waals surface area (Å²) in [6.07, 6.45) is 5.06. The van der Waals surface area contributed by atoms with Gasteiger partial charge in [-0.05, 0) is 0 Å². The van der Waals surface area contributed by atoms with E-state index in [2.05, 4.69) is 16.2 Å². The number of thiazole rings is 1. The zero-order valence-corrected chi connectivity index (χ0v) is 9.95. The molecule has 0 aliphatic carbocycles. The average molecular weight is 253 g/mol. The predicted molar refractivity (Wildman–Crippen MR) is 62.8 cm³/mol. The number of nitrogens with zero attached hydrogens (tertiary/aromatic N) is 2. The lowest BCUT2D eigenvalue weighted by atomic mass is 10.5. The van der Waals surface area contributed by atoms with Gasteiger partial charge in [-0.15, -0.1) is 17.8 Å². The van der Waals surface area contributed by atoms with Crippen molar-refractivity contribution in [2.45, 2.75) is 6.54 Å². The maximum absolute atomic E-state index is 11.4. The van der Waals surface area contributed by atoms with E-state index in [-0.39, 0.29) is 24.8 Å². The summed E-state index contributed by atoms with van der Waals surface area (Å²) in [5.74, 6) is 1.26. The predicted octanol–water partition coefficient (Wildman–Crippen LogP) is 0.616. The first-order valence-corrected chi connectivity index (χ1v) is 5.52. The number of carbonyl (C=O) groups excluding carboxylic acids is 1. The number of rotatable bonds is 4. The number of terminal acetylenes is 1. The van der Waals surface area contributed by atoms with Gasteiger partial charge in [-0.2, -0.15) is 0 Å². The zero-order chi connectivity index (χ0) is 12.8. The molecule has 1 heterocycles. The van der Waals surface area contributed by atoms with Crippen molar-refractivity contribution in [3.05, 3.63) is 16.1 Å². The largest absolute Gasteiger partial charge is 0.476 e. The Balaban J connectivity index is 2.48. The van der Waals surface area contributed by atoms with Crippen LogP contribution in [0.2, 0.25) is 0 Å². The fourth-order valence-electron chi connectivity index (χ4n) is 0.985. The Morgan fingerprint density at radius 2 is 2.41 bits per heavy atom. The molecule has 6 nitrogen and oxygen atoms in total. The molecular weight excluding hydrogens is 242 g/mol. The SMILES string of the molecule is C#CCN(C)C(=O)NCc1nc(C(=O)O)cs1. The third-order valence-corrected chi connectivity index (χ3v) is 2.69. The van der Waals surface area contributed by atoms with Gasteiger partial charge in [0, 0.05) is 12.4 Å². The van der Waals surface area contributed by atoms with Crippen molar-refractivity contribution in [3.63, 3.8) is 0 Å². The molecule has 0 radical (unpaired) electrons. The summed E-state index contributed by atoms with van der Waals surface area (Å²) in [6, 6.07) is -0.324. The highest BCUT2D eigenvalue weighted by Gasteiger charge is 2.10. The Hall–Kier alpha value is -2.07. The number of aromatic carboxylic acids is 1. The molecule has 1 aromatic heterocycles. The fourth-order valence-corrected chi connectivity index (χ4v) is 1.69. The van der Waals surface area contributed by atoms with Crippen molar-refractivity contribution in [3.8, 4) is 12.3 Å². The third-order valence-electron chi connectivity index (χ3n) is 1.84. The van der Waals surface area contributed by atoms with E-state index in [0.717, 1.165) is 0 Å². The van der Waals surface area contributed by atoms with Crippen molar-refractivity contribution in [1.29, 1.82) is 0 Å². The summed E-state index contributed by atoms with van der Waals surface area (Å²) in [5.41, 5.74) is -0.0174. The smallest absolute Gasteiger partial charge is 0.355 e. The van der Waals surface area contributed by atoms with Crippen LogP contribution in [0.4, 0.5) is 4.79 Å². The van der Waals surface area contributed by atoms with Gasteiger partial charge < -0.3 is 15.3 Å². The minimum absolute atomic E-state index is 0.0174. The van der Waals surface area contributed by atoms with E-state index in [9.17, 15) is 9.59 Å². The van der Waals surface area contributed by atoms with E-state index in [0.29, 0.717) is 5.01 Å². The number of hydrogen-bond donors (Lipinski definition) is 2. The molecule has 0 aliphatic rings. The van der Waals surface area contributed by atoms with Gasteiger partial charge in [-0.3, -0.25) is 0 Å². The molecule has 2 amide bonds. The summed E-state index contributed by atoms with van der Waals surface area (Å²) in [4.78, 5) is 27.2. The summed E-state index contributed by atoms with van der Waals surface area (Å²) in [5, 5.41) is 13.2. The lowest BCUT2D eigenvalue weighted by molar-refractivity contribution is 0.0691. The number of hydrogen-bond acceptors (Lipinski definition) is 4. The molecule has 7 heteroatoms. The molecule has 0 aliphatic heterocycles. The van der Waals surface area contributed by atoms with E-state index in [1.54, 1.807) is 7.05 Å². The third kappa shape index (κ3) is 3.77. The Bertz CT molecular complexity index is 464. The van der Waals surface area contributed by atoms with E-state index < -0.39 is 5.97 Å². The normalized spacial score (nSPS) is 9.41. The molecule has 0 unspecified atom stereocenters. The minimum Gasteiger partial charge on any atom is -0.476 e. The highest BCUT2D eigenvalue weighted by Crippen LogP contribution is 2.09. The summed E-state index contributed by atoms with van der Waals surface area (Å²) < 4.78 is 0. The number of amides is 2. The highest BCUT2D eigenvalue weighted by molar-refractivity contribution is 7.09. The minimum atomic E-state index is -1.08. The maximum atomic E-state index is 11.4. The second-order valence-electron chi connectivity index (χ2n) is 3.15. The molecular formula is C10H11N3O3S. The van der Waals surface area contributed by atoms with Gasteiger partial charge in [-0.1, -0.05) is 5.92 Å². The molecule has 0 atom stereocenters. The van der Waals surface area contributed by atoms with Gasteiger partial charge in [0.25, 0.3) is 0 Å². The van der Waals surface area contributed by atoms with Crippen LogP contribution in [0.15, 0.2) is 5.38 Å². The molecule has 17 heavy (non-hydrogen) atoms. The molecule has 0 bridgehead atoms. The Labute approximate surface area is 102 Å². The summed E-state index contributed by atoms with van der Waals surface area (Å²) >= 11 is 1.18. The molecule has 0 saturated heterocycles. The van der Waals surface area contributed by atoms with E-state index in [1.165, 1.54) is 21.6 Å². The molecule has 1 rings (SSSR count). The van der Waals surface area contributed by atoms with Crippen molar-refractivity contribution < 1.29 is 14.7 Å². The highest BCUT2D eigenvalue weighted by atomic mass is 32.1. The molecule has 0 saturated carbocycles. The van der Waals surface area contributed by atoms with Crippen LogP contribution in [-0.2, 0) is 6.54 Å². The number of carboxylic acid groups (broad SMARTS) is 1. The quantitative estimate of drug-likeness (QED) is 0.770. The van der Waals surface area contributed by atoms with Crippen molar-refractivity contribution in [1.82, 2.24) is 15.2 Å². The van der Waals surface area contributed by atoms with Crippen LogP contribution in [0.3, 0.4) is 0 Å². The van der Waals surface area contributed by atoms with E-state index in [4.69, 9.17) is 11.5 Å². The first-order valence-electron chi connectivity index (χ1n) is 4.64. The number of carbonyl (C=O) groups is 2. The molecule has 1 aromatic rings. The summed E-state index contributed by atoms with van der Waals surface area (Å²) in [6.45, 7) is 0.399. The van der Waals surface area contributed by atoms with Gasteiger partial charge in [0.15, 0.2) is 5.69 Å². The standard InChI is InChI=1S/C10H11N3O3S/c1-3-4-13(2)10(16)11-5-8-12-7(6-17-8)9(14)15/h1,6H,4-5H2,2H3,(H,11,16)(H,14,15). The molecule has 2 N–H and O–H groups in total. The lowest BCUT2D eigenvalue weighted by Gasteiger charge is -2.13. The topological polar surface area (TPSA) is 82.5 Å². The van der Waals surface area contributed by atoms with Gasteiger partial charge in [-0.25, -0.2) is 14.6 Å². The lowest BCUT2D eigenvalue weighted by Crippen LogP contribution is -2.36. The zero-order valence-electron chi connectivity index (χ0n) is 9.14. The molecule has 0 spiro atoms. The number of aromatic nitrogens is 1. The van der Waals surface area contributed by atoms with Crippen LogP contribution < -0.4 is 5.32 Å². The number of urea groups is 1. The monoisotopic (exact) mass is 253 g/mol.